The van der Waals surface area contributed by atoms with Crippen molar-refractivity contribution in [3.05, 3.63) is 114 Å². The molecule has 1 fully saturated rings. The molecule has 4 heterocycles. The van der Waals surface area contributed by atoms with E-state index in [9.17, 15) is 14.4 Å². The van der Waals surface area contributed by atoms with Crippen LogP contribution in [0, 0.1) is 0 Å². The minimum Gasteiger partial charge on any atom is -0.554 e. The van der Waals surface area contributed by atoms with E-state index in [0.29, 0.717) is 24.3 Å². The topological polar surface area (TPSA) is 133 Å². The maximum atomic E-state index is 13.0. The number of nitrogens with one attached hydrogen (secondary N) is 1. The Morgan fingerprint density at radius 1 is 0.976 bits per heavy atom. The third kappa shape index (κ3) is 6.33. The molecule has 0 bridgehead atoms. The molecule has 1 atom stereocenters. The quantitative estimate of drug-likeness (QED) is 0.206. The molecule has 0 spiro atoms. The van der Waals surface area contributed by atoms with E-state index in [2.05, 4.69) is 51.5 Å². The molecule has 2 aromatic carbocycles. The van der Waals surface area contributed by atoms with Gasteiger partial charge in [-0.15, -0.1) is 0 Å². The van der Waals surface area contributed by atoms with Crippen LogP contribution in [0.15, 0.2) is 91.4 Å². The van der Waals surface area contributed by atoms with Gasteiger partial charge in [0.15, 0.2) is 18.9 Å². The molecule has 10 nitrogen and oxygen atoms in total. The van der Waals surface area contributed by atoms with Gasteiger partial charge in [0, 0.05) is 53.5 Å². The highest BCUT2D eigenvalue weighted by Gasteiger charge is 2.40. The first kappa shape index (κ1) is 28.2. The Morgan fingerprint density at radius 2 is 1.71 bits per heavy atom. The number of rotatable bonds is 7. The minimum absolute atomic E-state index is 0.208. The summed E-state index contributed by atoms with van der Waals surface area (Å²) in [5.74, 6) is -0.298. The van der Waals surface area contributed by atoms with Crippen molar-refractivity contribution in [3.63, 3.8) is 0 Å². The summed E-state index contributed by atoms with van der Waals surface area (Å²) in [5.41, 5.74) is 5.52. The number of amides is 3. The van der Waals surface area contributed by atoms with Crippen LogP contribution in [0.5, 0.6) is 5.75 Å². The first-order chi connectivity index (χ1) is 20.5. The molecule has 1 N–H and O–H groups in total. The highest BCUT2D eigenvalue weighted by atomic mass is 16.5. The van der Waals surface area contributed by atoms with Crippen molar-refractivity contribution in [2.75, 3.05) is 0 Å². The van der Waals surface area contributed by atoms with Crippen LogP contribution in [-0.2, 0) is 34.1 Å². The largest absolute Gasteiger partial charge is 0.554 e. The Hall–Kier alpha value is -5.38. The lowest BCUT2D eigenvalue weighted by atomic mass is 10.0. The average molecular weight is 565 g/mol. The van der Waals surface area contributed by atoms with E-state index in [0.717, 1.165) is 28.9 Å². The summed E-state index contributed by atoms with van der Waals surface area (Å²) in [4.78, 5) is 51.1. The molecule has 2 aliphatic rings. The van der Waals surface area contributed by atoms with Crippen molar-refractivity contribution >= 4 is 24.2 Å². The lowest BCUT2D eigenvalue weighted by Crippen LogP contribution is -2.52. The fourth-order valence-electron chi connectivity index (χ4n) is 5.07. The number of nitrogens with zero attached hydrogens (tertiary/aromatic N) is 3. The van der Waals surface area contributed by atoms with E-state index in [1.807, 2.05) is 36.4 Å². The molecule has 0 aliphatic carbocycles. The van der Waals surface area contributed by atoms with Gasteiger partial charge < -0.3 is 19.5 Å². The molecule has 212 valence electrons. The average Bonchev–Trinajstić information content (AvgIpc) is 3.34. The molecule has 4 aromatic rings. The highest BCUT2D eigenvalue weighted by molar-refractivity contribution is 6.05. The second-order valence-corrected chi connectivity index (χ2v) is 9.86. The van der Waals surface area contributed by atoms with E-state index < -0.39 is 18.4 Å². The van der Waals surface area contributed by atoms with E-state index in [4.69, 9.17) is 14.6 Å². The maximum Gasteiger partial charge on any atom is 0.255 e. The van der Waals surface area contributed by atoms with Crippen LogP contribution in [-0.4, -0.2) is 40.1 Å². The Kier molecular flexibility index (Phi) is 8.62. The number of carbonyl (C=O) groups excluding carboxylic acids is 4. The number of imide groups is 1. The Balaban J connectivity index is 0.00000113. The first-order valence-electron chi connectivity index (χ1n) is 13.4. The number of carboxylic acid groups (broad SMARTS) is 1. The van der Waals surface area contributed by atoms with Crippen LogP contribution < -0.4 is 19.7 Å². The van der Waals surface area contributed by atoms with Gasteiger partial charge in [-0.3, -0.25) is 24.7 Å². The zero-order valence-corrected chi connectivity index (χ0v) is 22.6. The molecule has 2 aromatic heterocycles. The van der Waals surface area contributed by atoms with Gasteiger partial charge >= 0.3 is 0 Å². The Labute approximate surface area is 242 Å². The summed E-state index contributed by atoms with van der Waals surface area (Å²) in [6, 6.07) is 23.0. The molecule has 1 unspecified atom stereocenters. The number of hydrogen-bond donors (Lipinski definition) is 1. The van der Waals surface area contributed by atoms with Crippen molar-refractivity contribution in [1.29, 1.82) is 0 Å². The van der Waals surface area contributed by atoms with Crippen LogP contribution in [0.25, 0.3) is 11.3 Å². The van der Waals surface area contributed by atoms with Crippen LogP contribution >= 0.6 is 0 Å². The van der Waals surface area contributed by atoms with Gasteiger partial charge in [0.05, 0.1) is 12.2 Å². The predicted octanol–water partition coefficient (Wildman–Crippen LogP) is 1.79. The molecular weight excluding hydrogens is 536 g/mol. The molecular formula is C32H28N4O6. The minimum atomic E-state index is -0.646. The maximum absolute atomic E-state index is 13.0. The van der Waals surface area contributed by atoms with Crippen molar-refractivity contribution < 1.29 is 33.6 Å². The fourth-order valence-corrected chi connectivity index (χ4v) is 5.07. The summed E-state index contributed by atoms with van der Waals surface area (Å²) in [7, 11) is 0. The summed E-state index contributed by atoms with van der Waals surface area (Å²) in [6.45, 7) is 0.884. The van der Waals surface area contributed by atoms with Gasteiger partial charge in [-0.1, -0.05) is 36.4 Å². The lowest BCUT2D eigenvalue weighted by Gasteiger charge is -2.29. The summed E-state index contributed by atoms with van der Waals surface area (Å²) in [5, 5.41) is 10.6. The summed E-state index contributed by atoms with van der Waals surface area (Å²) >= 11 is 0. The van der Waals surface area contributed by atoms with Crippen LogP contribution in [0.3, 0.4) is 0 Å². The smallest absolute Gasteiger partial charge is 0.255 e. The number of fused-ring (bicyclic) bond motifs is 1. The van der Waals surface area contributed by atoms with Gasteiger partial charge in [0.1, 0.15) is 18.4 Å². The monoisotopic (exact) mass is 564 g/mol. The van der Waals surface area contributed by atoms with E-state index >= 15 is 0 Å². The van der Waals surface area contributed by atoms with Crippen LogP contribution in [0.1, 0.15) is 39.9 Å². The normalized spacial score (nSPS) is 15.8. The van der Waals surface area contributed by atoms with Crippen molar-refractivity contribution in [3.8, 4) is 17.0 Å². The van der Waals surface area contributed by atoms with Gasteiger partial charge in [-0.25, -0.2) is 4.57 Å². The van der Waals surface area contributed by atoms with Gasteiger partial charge in [-0.05, 0) is 36.2 Å². The zero-order valence-electron chi connectivity index (χ0n) is 22.6. The third-order valence-corrected chi connectivity index (χ3v) is 7.17. The highest BCUT2D eigenvalue weighted by Crippen LogP contribution is 2.34. The third-order valence-electron chi connectivity index (χ3n) is 7.17. The number of carbonyl (C=O) groups is 4. The van der Waals surface area contributed by atoms with E-state index in [1.165, 1.54) is 10.5 Å². The molecule has 0 saturated carbocycles. The van der Waals surface area contributed by atoms with E-state index in [-0.39, 0.29) is 24.8 Å². The van der Waals surface area contributed by atoms with Crippen molar-refractivity contribution in [1.82, 2.24) is 15.2 Å². The zero-order chi connectivity index (χ0) is 29.5. The van der Waals surface area contributed by atoms with Crippen molar-refractivity contribution in [2.45, 2.75) is 38.6 Å². The number of hydrogen-bond acceptors (Lipinski definition) is 7. The van der Waals surface area contributed by atoms with Crippen LogP contribution in [0.4, 0.5) is 0 Å². The number of aromatic nitrogens is 2. The number of piperidine rings is 1. The second-order valence-electron chi connectivity index (χ2n) is 9.86. The lowest BCUT2D eigenvalue weighted by molar-refractivity contribution is -0.688. The summed E-state index contributed by atoms with van der Waals surface area (Å²) in [6.07, 6.45) is 6.46. The SMILES string of the molecule is O=C1CCC(N2Cc3c(OCc4ccc(C[n+]5ccc(-c6ccccn6)cc5)cc4)cccc3C2=O)C(=O)N1.O=C[O-]. The first-order valence-corrected chi connectivity index (χ1v) is 13.4. The Morgan fingerprint density at radius 3 is 2.40 bits per heavy atom. The van der Waals surface area contributed by atoms with Gasteiger partial charge in [0.25, 0.3) is 5.91 Å². The second kappa shape index (κ2) is 12.9. The number of ether oxygens (including phenoxy) is 1. The number of benzene rings is 2. The fraction of sp³-hybridized carbons (Fsp3) is 0.188. The van der Waals surface area contributed by atoms with E-state index in [1.54, 1.807) is 18.3 Å². The molecule has 42 heavy (non-hydrogen) atoms. The molecule has 0 radical (unpaired) electrons. The molecule has 10 heteroatoms. The molecule has 2 aliphatic heterocycles. The standard InChI is InChI=1S/C31H26N4O4.CH2O2/c36-29-12-11-27(30(37)33-29)35-19-25-24(31(35)38)4-3-6-28(25)39-20-22-9-7-21(8-10-22)18-34-16-13-23(14-17-34)26-5-1-2-15-32-26;2-1-3/h1-10,13-17,27H,11-12,18-20H2;1H,(H,2,3). The molecule has 6 rings (SSSR count). The molecule has 1 saturated heterocycles. The number of pyridine rings is 2. The van der Waals surface area contributed by atoms with Crippen molar-refractivity contribution in [2.24, 2.45) is 0 Å². The predicted molar refractivity (Wildman–Crippen MR) is 148 cm³/mol. The summed E-state index contributed by atoms with van der Waals surface area (Å²) < 4.78 is 8.25. The Bertz CT molecular complexity index is 1590. The molecule has 3 amide bonds. The van der Waals surface area contributed by atoms with Crippen LogP contribution in [0.2, 0.25) is 0 Å². The van der Waals surface area contributed by atoms with Gasteiger partial charge in [-0.2, -0.15) is 0 Å². The van der Waals surface area contributed by atoms with Gasteiger partial charge in [0.2, 0.25) is 11.8 Å².